The average molecular weight is 678 g/mol. The van der Waals surface area contributed by atoms with Gasteiger partial charge in [-0.2, -0.15) is 0 Å². The Labute approximate surface area is 308 Å². The Bertz CT molecular complexity index is 2950. The van der Waals surface area contributed by atoms with Gasteiger partial charge in [-0.1, -0.05) is 133 Å². The normalized spacial score (nSPS) is 17.9. The van der Waals surface area contributed by atoms with Gasteiger partial charge in [0.2, 0.25) is 0 Å². The van der Waals surface area contributed by atoms with E-state index in [0.717, 1.165) is 41.9 Å². The van der Waals surface area contributed by atoms with E-state index >= 15 is 0 Å². The lowest BCUT2D eigenvalue weighted by Crippen LogP contribution is -2.25. The summed E-state index contributed by atoms with van der Waals surface area (Å²) in [7, 11) is 0. The lowest BCUT2D eigenvalue weighted by atomic mass is 9.76. The summed E-state index contributed by atoms with van der Waals surface area (Å²) in [4.78, 5) is 5.66. The molecule has 2 atom stereocenters. The largest absolute Gasteiger partial charge is 0.359 e. The predicted molar refractivity (Wildman–Crippen MR) is 221 cm³/mol. The van der Waals surface area contributed by atoms with Gasteiger partial charge in [-0.05, 0) is 104 Å². The van der Waals surface area contributed by atoms with Crippen LogP contribution in [0, 0.1) is 0 Å². The molecule has 7 aromatic carbocycles. The number of rotatable bonds is 2. The fraction of sp³-hybridized carbons (Fsp3) is 0.100. The van der Waals surface area contributed by atoms with Gasteiger partial charge in [0.25, 0.3) is 0 Å². The molecule has 0 bridgehead atoms. The predicted octanol–water partition coefficient (Wildman–Crippen LogP) is 12.4. The fourth-order valence-corrected chi connectivity index (χ4v) is 9.83. The molecule has 1 aromatic heterocycles. The Morgan fingerprint density at radius 2 is 1.42 bits per heavy atom. The molecule has 250 valence electrons. The van der Waals surface area contributed by atoms with Crippen molar-refractivity contribution in [1.82, 2.24) is 4.57 Å². The lowest BCUT2D eigenvalue weighted by molar-refractivity contribution is 0.816. The van der Waals surface area contributed by atoms with Gasteiger partial charge in [-0.15, -0.1) is 0 Å². The molecule has 3 heteroatoms. The van der Waals surface area contributed by atoms with Crippen molar-refractivity contribution in [1.29, 1.82) is 0 Å². The Morgan fingerprint density at radius 3 is 2.30 bits per heavy atom. The molecule has 3 aliphatic carbocycles. The van der Waals surface area contributed by atoms with Crippen molar-refractivity contribution < 1.29 is 0 Å². The number of allylic oxidation sites excluding steroid dienone is 4. The van der Waals surface area contributed by atoms with Gasteiger partial charge >= 0.3 is 0 Å². The van der Waals surface area contributed by atoms with Crippen LogP contribution in [0.25, 0.3) is 60.4 Å². The standard InChI is InChI=1S/C50H35N3/c1-2-12-30(13-3-1)31-22-24-33(25-23-31)49-51-43-20-10-8-19-39(43)50(52-49)53-44-21-11-9-18-37(44)41-29-40-38-27-26-32-14-4-6-16-35(32)45(38)42-28-34-15-5-7-17-36(34)47(46(40)42)48(41)53/h2,4-27,29,42,49,51H,1,3,28H2. The molecule has 0 radical (unpaired) electrons. The number of hydrogen-bond acceptors (Lipinski definition) is 2. The maximum absolute atomic E-state index is 5.66. The van der Waals surface area contributed by atoms with Gasteiger partial charge < -0.3 is 5.32 Å². The van der Waals surface area contributed by atoms with E-state index in [1.807, 2.05) is 0 Å². The van der Waals surface area contributed by atoms with Crippen LogP contribution in [0.3, 0.4) is 0 Å². The van der Waals surface area contributed by atoms with E-state index in [1.54, 1.807) is 0 Å². The van der Waals surface area contributed by atoms with Crippen molar-refractivity contribution in [2.45, 2.75) is 31.3 Å². The fourth-order valence-electron chi connectivity index (χ4n) is 9.83. The van der Waals surface area contributed by atoms with Crippen molar-refractivity contribution in [2.75, 3.05) is 5.32 Å². The average Bonchev–Trinajstić information content (AvgIpc) is 3.73. The topological polar surface area (TPSA) is 29.3 Å². The molecule has 0 saturated heterocycles. The highest BCUT2D eigenvalue weighted by molar-refractivity contribution is 6.24. The van der Waals surface area contributed by atoms with E-state index in [0.29, 0.717) is 0 Å². The van der Waals surface area contributed by atoms with Crippen LogP contribution >= 0.6 is 0 Å². The summed E-state index contributed by atoms with van der Waals surface area (Å²) in [6, 6.07) is 51.9. The molecule has 4 aliphatic rings. The zero-order valence-electron chi connectivity index (χ0n) is 29.2. The van der Waals surface area contributed by atoms with Gasteiger partial charge in [0, 0.05) is 33.5 Å². The van der Waals surface area contributed by atoms with E-state index in [-0.39, 0.29) is 12.1 Å². The summed E-state index contributed by atoms with van der Waals surface area (Å²) in [6.45, 7) is 0. The van der Waals surface area contributed by atoms with Crippen LogP contribution in [-0.4, -0.2) is 10.4 Å². The van der Waals surface area contributed by atoms with Crippen LogP contribution in [0.15, 0.2) is 163 Å². The molecule has 12 rings (SSSR count). The van der Waals surface area contributed by atoms with Crippen LogP contribution in [0.2, 0.25) is 0 Å². The van der Waals surface area contributed by atoms with Crippen LogP contribution in [0.4, 0.5) is 5.69 Å². The second-order valence-electron chi connectivity index (χ2n) is 14.9. The quantitative estimate of drug-likeness (QED) is 0.194. The second kappa shape index (κ2) is 11.0. The summed E-state index contributed by atoms with van der Waals surface area (Å²) in [5, 5.41) is 9.02. The summed E-state index contributed by atoms with van der Waals surface area (Å²) in [6.07, 6.45) is 9.85. The third-order valence-electron chi connectivity index (χ3n) is 12.1. The Balaban J connectivity index is 1.15. The number of para-hydroxylation sites is 2. The maximum Gasteiger partial charge on any atom is 0.147 e. The van der Waals surface area contributed by atoms with Crippen molar-refractivity contribution in [3.63, 3.8) is 0 Å². The third kappa shape index (κ3) is 4.13. The number of aliphatic imine (C=N–C) groups is 1. The number of nitrogens with zero attached hydrogens (tertiary/aromatic N) is 2. The second-order valence-corrected chi connectivity index (χ2v) is 14.9. The molecular formula is C50H35N3. The van der Waals surface area contributed by atoms with Gasteiger partial charge in [-0.25, -0.2) is 4.99 Å². The lowest BCUT2D eigenvalue weighted by Gasteiger charge is -2.30. The number of fused-ring (bicyclic) bond motifs is 12. The highest BCUT2D eigenvalue weighted by atomic mass is 15.2. The first-order valence-electron chi connectivity index (χ1n) is 18.9. The van der Waals surface area contributed by atoms with Crippen LogP contribution < -0.4 is 5.32 Å². The third-order valence-corrected chi connectivity index (χ3v) is 12.1. The number of anilines is 1. The molecule has 0 spiro atoms. The summed E-state index contributed by atoms with van der Waals surface area (Å²) >= 11 is 0. The molecule has 3 nitrogen and oxygen atoms in total. The zero-order chi connectivity index (χ0) is 34.6. The maximum atomic E-state index is 5.66. The number of nitrogens with one attached hydrogen (secondary N) is 1. The minimum atomic E-state index is -0.234. The van der Waals surface area contributed by atoms with Crippen molar-refractivity contribution in [3.8, 4) is 22.3 Å². The number of benzene rings is 7. The molecule has 2 heterocycles. The minimum Gasteiger partial charge on any atom is -0.359 e. The van der Waals surface area contributed by atoms with Gasteiger partial charge in [0.1, 0.15) is 12.0 Å². The number of hydrogen-bond donors (Lipinski definition) is 1. The highest BCUT2D eigenvalue weighted by Crippen LogP contribution is 2.58. The summed E-state index contributed by atoms with van der Waals surface area (Å²) in [5.74, 6) is 1.27. The Morgan fingerprint density at radius 1 is 0.623 bits per heavy atom. The SMILES string of the molecule is C1=CC(c2ccc(C3N=C(n4c5ccccc5c5cc6c7c(c54)-c4ccccc4CC7c4c-6ccc5ccccc45)c4ccccc4N3)cc2)=CCC1. The molecule has 0 amide bonds. The molecule has 1 N–H and O–H groups in total. The van der Waals surface area contributed by atoms with Crippen molar-refractivity contribution in [2.24, 2.45) is 4.99 Å². The van der Waals surface area contributed by atoms with Crippen molar-refractivity contribution in [3.05, 3.63) is 191 Å². The molecule has 0 saturated carbocycles. The summed E-state index contributed by atoms with van der Waals surface area (Å²) < 4.78 is 2.50. The van der Waals surface area contributed by atoms with E-state index in [4.69, 9.17) is 4.99 Å². The van der Waals surface area contributed by atoms with Gasteiger partial charge in [0.15, 0.2) is 0 Å². The molecule has 2 unspecified atom stereocenters. The molecule has 0 fully saturated rings. The van der Waals surface area contributed by atoms with E-state index in [9.17, 15) is 0 Å². The monoisotopic (exact) mass is 677 g/mol. The molecular weight excluding hydrogens is 643 g/mol. The van der Waals surface area contributed by atoms with E-state index in [1.165, 1.54) is 82.7 Å². The van der Waals surface area contributed by atoms with Gasteiger partial charge in [-0.3, -0.25) is 4.57 Å². The van der Waals surface area contributed by atoms with Crippen LogP contribution in [-0.2, 0) is 6.42 Å². The zero-order valence-corrected chi connectivity index (χ0v) is 29.2. The number of aromatic nitrogens is 1. The van der Waals surface area contributed by atoms with Crippen LogP contribution in [0.1, 0.15) is 58.3 Å². The molecule has 1 aliphatic heterocycles. The Hall–Kier alpha value is -6.45. The van der Waals surface area contributed by atoms with Gasteiger partial charge in [0.05, 0.1) is 11.0 Å². The van der Waals surface area contributed by atoms with Crippen molar-refractivity contribution >= 4 is 49.7 Å². The highest BCUT2D eigenvalue weighted by Gasteiger charge is 2.39. The van der Waals surface area contributed by atoms with Crippen LogP contribution in [0.5, 0.6) is 0 Å². The van der Waals surface area contributed by atoms with E-state index < -0.39 is 0 Å². The minimum absolute atomic E-state index is 0.234. The molecule has 8 aromatic rings. The molecule has 53 heavy (non-hydrogen) atoms. The first-order valence-corrected chi connectivity index (χ1v) is 18.9. The smallest absolute Gasteiger partial charge is 0.147 e. The Kier molecular flexibility index (Phi) is 6.07. The van der Waals surface area contributed by atoms with E-state index in [2.05, 4.69) is 168 Å². The first-order chi connectivity index (χ1) is 26.3. The summed E-state index contributed by atoms with van der Waals surface area (Å²) in [5.41, 5.74) is 18.2. The first kappa shape index (κ1) is 29.2.